The summed E-state index contributed by atoms with van der Waals surface area (Å²) in [6.07, 6.45) is 3.04. The molecule has 5 aromatic rings. The first-order valence-electron chi connectivity index (χ1n) is 10.4. The van der Waals surface area contributed by atoms with Crippen LogP contribution in [0.4, 0.5) is 21.6 Å². The molecule has 34 heavy (non-hydrogen) atoms. The van der Waals surface area contributed by atoms with Crippen molar-refractivity contribution in [1.29, 1.82) is 0 Å². The number of amides is 1. The highest BCUT2D eigenvalue weighted by Crippen LogP contribution is 2.25. The Hall–Kier alpha value is -4.79. The second-order valence-electron chi connectivity index (χ2n) is 7.38. The maximum atomic E-state index is 13.6. The van der Waals surface area contributed by atoms with Crippen LogP contribution < -0.4 is 15.4 Å². The fourth-order valence-electron chi connectivity index (χ4n) is 3.46. The number of ether oxygens (including phenoxy) is 1. The smallest absolute Gasteiger partial charge is 0.255 e. The molecule has 3 aromatic carbocycles. The first kappa shape index (κ1) is 21.1. The van der Waals surface area contributed by atoms with Crippen LogP contribution >= 0.6 is 0 Å². The average molecular weight is 454 g/mol. The number of hydrogen-bond donors (Lipinski definition) is 2. The lowest BCUT2D eigenvalue weighted by molar-refractivity contribution is 0.102. The molecule has 0 unspecified atom stereocenters. The van der Waals surface area contributed by atoms with Gasteiger partial charge in [-0.1, -0.05) is 6.07 Å². The lowest BCUT2D eigenvalue weighted by Gasteiger charge is -2.09. The third-order valence-electron chi connectivity index (χ3n) is 5.18. The standard InChI is InChI=1S/C25H19FN6O2/c1-34-21-11-9-19(10-12-21)31-25(33)16-5-7-18(8-6-16)30-23-22-14-29-32(24(22)28-15-27-23)20-4-2-3-17(26)13-20/h2-15H,1H3,(H,31,33)(H,27,28,30). The van der Waals surface area contributed by atoms with Gasteiger partial charge < -0.3 is 15.4 Å². The van der Waals surface area contributed by atoms with Crippen LogP contribution in [0.15, 0.2) is 85.3 Å². The highest BCUT2D eigenvalue weighted by molar-refractivity contribution is 6.04. The van der Waals surface area contributed by atoms with Crippen LogP contribution in [0, 0.1) is 5.82 Å². The molecule has 0 saturated carbocycles. The van der Waals surface area contributed by atoms with Crippen molar-refractivity contribution in [2.75, 3.05) is 17.7 Å². The maximum Gasteiger partial charge on any atom is 0.255 e. The third-order valence-corrected chi connectivity index (χ3v) is 5.18. The number of fused-ring (bicyclic) bond motifs is 1. The molecular weight excluding hydrogens is 435 g/mol. The highest BCUT2D eigenvalue weighted by Gasteiger charge is 2.12. The van der Waals surface area contributed by atoms with E-state index in [1.165, 1.54) is 18.5 Å². The molecule has 168 valence electrons. The average Bonchev–Trinajstić information content (AvgIpc) is 3.30. The number of nitrogens with one attached hydrogen (secondary N) is 2. The van der Waals surface area contributed by atoms with E-state index in [2.05, 4.69) is 25.7 Å². The van der Waals surface area contributed by atoms with Gasteiger partial charge in [0.1, 0.15) is 23.7 Å². The summed E-state index contributed by atoms with van der Waals surface area (Å²) in [5, 5.41) is 11.1. The van der Waals surface area contributed by atoms with Crippen LogP contribution in [0.25, 0.3) is 16.7 Å². The summed E-state index contributed by atoms with van der Waals surface area (Å²) in [7, 11) is 1.59. The number of anilines is 3. The van der Waals surface area contributed by atoms with E-state index in [1.54, 1.807) is 78.7 Å². The Labute approximate surface area is 194 Å². The van der Waals surface area contributed by atoms with Gasteiger partial charge in [0.15, 0.2) is 5.65 Å². The van der Waals surface area contributed by atoms with Gasteiger partial charge in [-0.25, -0.2) is 19.0 Å². The van der Waals surface area contributed by atoms with Crippen molar-refractivity contribution in [3.05, 3.63) is 96.7 Å². The molecule has 5 rings (SSSR count). The molecular formula is C25H19FN6O2. The second kappa shape index (κ2) is 8.99. The minimum Gasteiger partial charge on any atom is -0.497 e. The summed E-state index contributed by atoms with van der Waals surface area (Å²) in [5.74, 6) is 0.680. The predicted octanol–water partition coefficient (Wildman–Crippen LogP) is 4.96. The Bertz CT molecular complexity index is 1470. The number of nitrogens with zero attached hydrogens (tertiary/aromatic N) is 4. The van der Waals surface area contributed by atoms with Crippen LogP contribution in [-0.2, 0) is 0 Å². The highest BCUT2D eigenvalue weighted by atomic mass is 19.1. The Morgan fingerprint density at radius 1 is 0.971 bits per heavy atom. The van der Waals surface area contributed by atoms with Crippen molar-refractivity contribution in [2.45, 2.75) is 0 Å². The van der Waals surface area contributed by atoms with E-state index < -0.39 is 0 Å². The molecule has 0 aliphatic carbocycles. The summed E-state index contributed by atoms with van der Waals surface area (Å²) < 4.78 is 20.3. The van der Waals surface area contributed by atoms with Gasteiger partial charge in [0.05, 0.1) is 24.4 Å². The van der Waals surface area contributed by atoms with Crippen molar-refractivity contribution >= 4 is 34.1 Å². The molecule has 0 aliphatic rings. The zero-order valence-electron chi connectivity index (χ0n) is 18.1. The zero-order valence-corrected chi connectivity index (χ0v) is 18.1. The molecule has 0 bridgehead atoms. The Morgan fingerprint density at radius 3 is 2.47 bits per heavy atom. The second-order valence-corrected chi connectivity index (χ2v) is 7.38. The number of hydrogen-bond acceptors (Lipinski definition) is 6. The number of halogens is 1. The van der Waals surface area contributed by atoms with E-state index in [0.717, 1.165) is 5.69 Å². The minimum atomic E-state index is -0.357. The first-order valence-corrected chi connectivity index (χ1v) is 10.4. The molecule has 0 saturated heterocycles. The van der Waals surface area contributed by atoms with Gasteiger partial charge in [-0.2, -0.15) is 5.10 Å². The van der Waals surface area contributed by atoms with Crippen LogP contribution in [0.2, 0.25) is 0 Å². The number of benzene rings is 3. The van der Waals surface area contributed by atoms with E-state index in [9.17, 15) is 9.18 Å². The summed E-state index contributed by atoms with van der Waals surface area (Å²) >= 11 is 0. The monoisotopic (exact) mass is 454 g/mol. The molecule has 0 atom stereocenters. The maximum absolute atomic E-state index is 13.6. The molecule has 0 aliphatic heterocycles. The summed E-state index contributed by atoms with van der Waals surface area (Å²) in [6.45, 7) is 0. The van der Waals surface area contributed by atoms with E-state index in [-0.39, 0.29) is 11.7 Å². The van der Waals surface area contributed by atoms with Gasteiger partial charge in [0.25, 0.3) is 5.91 Å². The number of methoxy groups -OCH3 is 1. The van der Waals surface area contributed by atoms with Crippen LogP contribution in [0.1, 0.15) is 10.4 Å². The molecule has 0 fully saturated rings. The third kappa shape index (κ3) is 4.26. The molecule has 1 amide bonds. The minimum absolute atomic E-state index is 0.225. The number of aromatic nitrogens is 4. The van der Waals surface area contributed by atoms with Crippen molar-refractivity contribution in [1.82, 2.24) is 19.7 Å². The van der Waals surface area contributed by atoms with E-state index in [0.29, 0.717) is 39.5 Å². The van der Waals surface area contributed by atoms with Gasteiger partial charge >= 0.3 is 0 Å². The molecule has 0 spiro atoms. The van der Waals surface area contributed by atoms with Crippen molar-refractivity contribution in [3.8, 4) is 11.4 Å². The van der Waals surface area contributed by atoms with Gasteiger partial charge in [-0.05, 0) is 66.7 Å². The largest absolute Gasteiger partial charge is 0.497 e. The predicted molar refractivity (Wildman–Crippen MR) is 127 cm³/mol. The SMILES string of the molecule is COc1ccc(NC(=O)c2ccc(Nc3ncnc4c3cnn4-c3cccc(F)c3)cc2)cc1. The fourth-order valence-corrected chi connectivity index (χ4v) is 3.46. The van der Waals surface area contributed by atoms with E-state index >= 15 is 0 Å². The molecule has 2 N–H and O–H groups in total. The lowest BCUT2D eigenvalue weighted by atomic mass is 10.2. The molecule has 2 heterocycles. The van der Waals surface area contributed by atoms with Gasteiger partial charge in [-0.3, -0.25) is 4.79 Å². The summed E-state index contributed by atoms with van der Waals surface area (Å²) in [5.41, 5.74) is 3.02. The normalized spacial score (nSPS) is 10.8. The topological polar surface area (TPSA) is 94.0 Å². The lowest BCUT2D eigenvalue weighted by Crippen LogP contribution is -2.11. The van der Waals surface area contributed by atoms with Crippen molar-refractivity contribution in [2.24, 2.45) is 0 Å². The number of rotatable bonds is 6. The van der Waals surface area contributed by atoms with E-state index in [1.807, 2.05) is 0 Å². The Kier molecular flexibility index (Phi) is 5.57. The zero-order chi connectivity index (χ0) is 23.5. The fraction of sp³-hybridized carbons (Fsp3) is 0.0400. The van der Waals surface area contributed by atoms with Gasteiger partial charge in [0.2, 0.25) is 0 Å². The van der Waals surface area contributed by atoms with Crippen LogP contribution in [0.5, 0.6) is 5.75 Å². The quantitative estimate of drug-likeness (QED) is 0.377. The first-order chi connectivity index (χ1) is 16.6. The number of carbonyl (C=O) groups excluding carboxylic acids is 1. The van der Waals surface area contributed by atoms with Crippen LogP contribution in [-0.4, -0.2) is 32.8 Å². The molecule has 8 nitrogen and oxygen atoms in total. The van der Waals surface area contributed by atoms with Gasteiger partial charge in [-0.15, -0.1) is 0 Å². The summed E-state index contributed by atoms with van der Waals surface area (Å²) in [4.78, 5) is 21.2. The summed E-state index contributed by atoms with van der Waals surface area (Å²) in [6, 6.07) is 20.2. The van der Waals surface area contributed by atoms with E-state index in [4.69, 9.17) is 4.74 Å². The van der Waals surface area contributed by atoms with Crippen molar-refractivity contribution in [3.63, 3.8) is 0 Å². The number of carbonyl (C=O) groups is 1. The Balaban J connectivity index is 1.33. The molecule has 2 aromatic heterocycles. The Morgan fingerprint density at radius 2 is 1.74 bits per heavy atom. The van der Waals surface area contributed by atoms with Gasteiger partial charge in [0, 0.05) is 16.9 Å². The van der Waals surface area contributed by atoms with Crippen molar-refractivity contribution < 1.29 is 13.9 Å². The van der Waals surface area contributed by atoms with Crippen LogP contribution in [0.3, 0.4) is 0 Å². The molecule has 9 heteroatoms. The molecule has 0 radical (unpaired) electrons.